The maximum absolute atomic E-state index is 13.1. The quantitative estimate of drug-likeness (QED) is 0.730. The summed E-state index contributed by atoms with van der Waals surface area (Å²) < 4.78 is 14.9. The molecule has 6 heteroatoms. The zero-order chi connectivity index (χ0) is 16.0. The third kappa shape index (κ3) is 2.34. The van der Waals surface area contributed by atoms with Gasteiger partial charge < -0.3 is 4.90 Å². The largest absolute Gasteiger partial charge is 0.368 e. The SMILES string of the molecule is Cc1nn2cnnc2c(N2CCC(c3ccc(F)cc3)C2)c1C. The summed E-state index contributed by atoms with van der Waals surface area (Å²) in [5.74, 6) is 0.223. The van der Waals surface area contributed by atoms with Crippen molar-refractivity contribution in [3.63, 3.8) is 0 Å². The van der Waals surface area contributed by atoms with E-state index in [1.54, 1.807) is 10.8 Å². The number of hydrogen-bond acceptors (Lipinski definition) is 4. The minimum Gasteiger partial charge on any atom is -0.368 e. The Bertz CT molecular complexity index is 855. The first kappa shape index (κ1) is 14.1. The van der Waals surface area contributed by atoms with Crippen LogP contribution in [0.3, 0.4) is 0 Å². The van der Waals surface area contributed by atoms with E-state index in [0.717, 1.165) is 42.1 Å². The summed E-state index contributed by atoms with van der Waals surface area (Å²) in [7, 11) is 0. The van der Waals surface area contributed by atoms with Crippen molar-refractivity contribution in [3.8, 4) is 0 Å². The van der Waals surface area contributed by atoms with Gasteiger partial charge in [0.1, 0.15) is 12.1 Å². The predicted octanol–water partition coefficient (Wildman–Crippen LogP) is 2.87. The van der Waals surface area contributed by atoms with Crippen molar-refractivity contribution in [2.75, 3.05) is 18.0 Å². The minimum absolute atomic E-state index is 0.186. The van der Waals surface area contributed by atoms with E-state index in [1.807, 2.05) is 19.1 Å². The maximum atomic E-state index is 13.1. The number of fused-ring (bicyclic) bond motifs is 1. The van der Waals surface area contributed by atoms with Crippen LogP contribution in [0, 0.1) is 19.7 Å². The molecule has 1 saturated heterocycles. The van der Waals surface area contributed by atoms with Crippen molar-refractivity contribution in [1.82, 2.24) is 19.8 Å². The van der Waals surface area contributed by atoms with E-state index in [-0.39, 0.29) is 5.82 Å². The molecule has 3 aromatic rings. The smallest absolute Gasteiger partial charge is 0.201 e. The van der Waals surface area contributed by atoms with Gasteiger partial charge in [-0.1, -0.05) is 12.1 Å². The molecule has 0 amide bonds. The average Bonchev–Trinajstić information content (AvgIpc) is 3.18. The van der Waals surface area contributed by atoms with Crippen LogP contribution in [0.2, 0.25) is 0 Å². The van der Waals surface area contributed by atoms with Gasteiger partial charge in [-0.15, -0.1) is 10.2 Å². The van der Waals surface area contributed by atoms with Crippen molar-refractivity contribution in [3.05, 3.63) is 53.2 Å². The molecule has 0 bridgehead atoms. The van der Waals surface area contributed by atoms with Crippen LogP contribution >= 0.6 is 0 Å². The maximum Gasteiger partial charge on any atom is 0.201 e. The lowest BCUT2D eigenvalue weighted by Gasteiger charge is -2.22. The Morgan fingerprint density at radius 3 is 2.74 bits per heavy atom. The highest BCUT2D eigenvalue weighted by molar-refractivity contribution is 5.73. The normalized spacial score (nSPS) is 18.0. The van der Waals surface area contributed by atoms with Crippen LogP contribution in [0.4, 0.5) is 10.1 Å². The van der Waals surface area contributed by atoms with Crippen molar-refractivity contribution >= 4 is 11.3 Å². The number of aromatic nitrogens is 4. The highest BCUT2D eigenvalue weighted by Crippen LogP contribution is 2.34. The summed E-state index contributed by atoms with van der Waals surface area (Å²) in [6.45, 7) is 5.94. The number of benzene rings is 1. The molecule has 118 valence electrons. The van der Waals surface area contributed by atoms with E-state index in [4.69, 9.17) is 0 Å². The van der Waals surface area contributed by atoms with Gasteiger partial charge in [-0.05, 0) is 43.5 Å². The highest BCUT2D eigenvalue weighted by atomic mass is 19.1. The van der Waals surface area contributed by atoms with E-state index in [1.165, 1.54) is 17.7 Å². The lowest BCUT2D eigenvalue weighted by atomic mass is 9.98. The summed E-state index contributed by atoms with van der Waals surface area (Å²) in [6.07, 6.45) is 2.69. The van der Waals surface area contributed by atoms with Gasteiger partial charge in [-0.2, -0.15) is 9.61 Å². The van der Waals surface area contributed by atoms with Crippen molar-refractivity contribution in [2.24, 2.45) is 0 Å². The molecule has 1 aromatic carbocycles. The lowest BCUT2D eigenvalue weighted by molar-refractivity contribution is 0.625. The second kappa shape index (κ2) is 5.30. The van der Waals surface area contributed by atoms with Crippen LogP contribution in [-0.4, -0.2) is 32.9 Å². The summed E-state index contributed by atoms with van der Waals surface area (Å²) in [5.41, 5.74) is 5.23. The number of aryl methyl sites for hydroxylation is 1. The molecule has 0 radical (unpaired) electrons. The molecule has 0 aliphatic carbocycles. The summed E-state index contributed by atoms with van der Waals surface area (Å²) in [5, 5.41) is 12.7. The Balaban J connectivity index is 1.69. The zero-order valence-electron chi connectivity index (χ0n) is 13.2. The first-order valence-corrected chi connectivity index (χ1v) is 7.81. The summed E-state index contributed by atoms with van der Waals surface area (Å²) in [6, 6.07) is 6.86. The molecule has 1 aliphatic rings. The molecule has 4 rings (SSSR count). The molecule has 3 heterocycles. The number of halogens is 1. The Kier molecular flexibility index (Phi) is 3.25. The fraction of sp³-hybridized carbons (Fsp3) is 0.353. The van der Waals surface area contributed by atoms with Crippen LogP contribution in [0.15, 0.2) is 30.6 Å². The van der Waals surface area contributed by atoms with Crippen LogP contribution in [0.25, 0.3) is 5.65 Å². The monoisotopic (exact) mass is 311 g/mol. The third-order valence-corrected chi connectivity index (χ3v) is 4.74. The molecule has 0 saturated carbocycles. The molecule has 1 unspecified atom stereocenters. The highest BCUT2D eigenvalue weighted by Gasteiger charge is 2.27. The molecule has 1 aliphatic heterocycles. The zero-order valence-corrected chi connectivity index (χ0v) is 13.2. The molecule has 2 aromatic heterocycles. The van der Waals surface area contributed by atoms with E-state index in [0.29, 0.717) is 5.92 Å². The second-order valence-corrected chi connectivity index (χ2v) is 6.14. The second-order valence-electron chi connectivity index (χ2n) is 6.14. The van der Waals surface area contributed by atoms with Crippen LogP contribution in [0.1, 0.15) is 29.2 Å². The first-order chi connectivity index (χ1) is 11.1. The van der Waals surface area contributed by atoms with Crippen molar-refractivity contribution < 1.29 is 4.39 Å². The molecule has 0 N–H and O–H groups in total. The van der Waals surface area contributed by atoms with Gasteiger partial charge in [0.05, 0.1) is 11.4 Å². The topological polar surface area (TPSA) is 46.3 Å². The van der Waals surface area contributed by atoms with Crippen LogP contribution in [-0.2, 0) is 0 Å². The lowest BCUT2D eigenvalue weighted by Crippen LogP contribution is -2.22. The van der Waals surface area contributed by atoms with Gasteiger partial charge >= 0.3 is 0 Å². The molecule has 0 spiro atoms. The molecular formula is C17H18FN5. The molecule has 1 atom stereocenters. The third-order valence-electron chi connectivity index (χ3n) is 4.74. The Morgan fingerprint density at radius 2 is 1.96 bits per heavy atom. The van der Waals surface area contributed by atoms with Crippen molar-refractivity contribution in [2.45, 2.75) is 26.2 Å². The number of anilines is 1. The standard InChI is InChI=1S/C17H18FN5/c1-11-12(2)21-23-10-19-20-17(23)16(11)22-8-7-14(9-22)13-3-5-15(18)6-4-13/h3-6,10,14H,7-9H2,1-2H3. The molecule has 5 nitrogen and oxygen atoms in total. The Labute approximate surface area is 133 Å². The van der Waals surface area contributed by atoms with Gasteiger partial charge in [-0.3, -0.25) is 0 Å². The fourth-order valence-corrected chi connectivity index (χ4v) is 3.38. The number of rotatable bonds is 2. The Hall–Kier alpha value is -2.50. The van der Waals surface area contributed by atoms with Gasteiger partial charge in [-0.25, -0.2) is 4.39 Å². The fourth-order valence-electron chi connectivity index (χ4n) is 3.38. The first-order valence-electron chi connectivity index (χ1n) is 7.81. The van der Waals surface area contributed by atoms with E-state index >= 15 is 0 Å². The number of nitrogens with zero attached hydrogens (tertiary/aromatic N) is 5. The van der Waals surface area contributed by atoms with E-state index in [9.17, 15) is 4.39 Å². The molecule has 23 heavy (non-hydrogen) atoms. The van der Waals surface area contributed by atoms with Gasteiger partial charge in [0.25, 0.3) is 0 Å². The number of hydrogen-bond donors (Lipinski definition) is 0. The van der Waals surface area contributed by atoms with Crippen LogP contribution in [0.5, 0.6) is 0 Å². The Morgan fingerprint density at radius 1 is 1.17 bits per heavy atom. The van der Waals surface area contributed by atoms with Crippen molar-refractivity contribution in [1.29, 1.82) is 0 Å². The summed E-state index contributed by atoms with van der Waals surface area (Å²) >= 11 is 0. The van der Waals surface area contributed by atoms with Crippen LogP contribution < -0.4 is 4.90 Å². The van der Waals surface area contributed by atoms with E-state index < -0.39 is 0 Å². The summed E-state index contributed by atoms with van der Waals surface area (Å²) in [4.78, 5) is 2.35. The predicted molar refractivity (Wildman–Crippen MR) is 86.2 cm³/mol. The van der Waals surface area contributed by atoms with Gasteiger partial charge in [0.2, 0.25) is 5.65 Å². The molecule has 1 fully saturated rings. The average molecular weight is 311 g/mol. The molecular weight excluding hydrogens is 293 g/mol. The van der Waals surface area contributed by atoms with E-state index in [2.05, 4.69) is 27.1 Å². The van der Waals surface area contributed by atoms with Gasteiger partial charge in [0, 0.05) is 19.0 Å². The minimum atomic E-state index is -0.186. The van der Waals surface area contributed by atoms with Gasteiger partial charge in [0.15, 0.2) is 0 Å².